The molecule has 2 N–H and O–H groups in total. The maximum absolute atomic E-state index is 12.8. The van der Waals surface area contributed by atoms with Gasteiger partial charge in [0.2, 0.25) is 0 Å². The highest BCUT2D eigenvalue weighted by Gasteiger charge is 2.38. The lowest BCUT2D eigenvalue weighted by molar-refractivity contribution is 0.0781. The van der Waals surface area contributed by atoms with Crippen LogP contribution in [0.25, 0.3) is 0 Å². The number of benzene rings is 2. The Kier molecular flexibility index (Phi) is 4.89. The Morgan fingerprint density at radius 3 is 2.32 bits per heavy atom. The first kappa shape index (κ1) is 19.0. The average molecular weight is 400 g/mol. The van der Waals surface area contributed by atoms with E-state index in [4.69, 9.17) is 0 Å². The van der Waals surface area contributed by atoms with Crippen LogP contribution < -0.4 is 10.0 Å². The second kappa shape index (κ2) is 7.22. The topological polar surface area (TPSA) is 78.5 Å². The fourth-order valence-electron chi connectivity index (χ4n) is 4.05. The SMILES string of the molecule is Cc1cccc(NS(=O)(=O)c2ccc(C(=O)N3C[C@H]4CNC[C@H]4C3)cc2)c1C. The van der Waals surface area contributed by atoms with Crippen LogP contribution in [0.4, 0.5) is 5.69 Å². The number of carbonyl (C=O) groups excluding carboxylic acids is 1. The molecule has 0 bridgehead atoms. The molecule has 2 aromatic carbocycles. The van der Waals surface area contributed by atoms with Crippen LogP contribution in [0.1, 0.15) is 21.5 Å². The predicted octanol–water partition coefficient (Wildman–Crippen LogP) is 2.40. The number of anilines is 1. The summed E-state index contributed by atoms with van der Waals surface area (Å²) in [6.45, 7) is 7.30. The molecule has 148 valence electrons. The van der Waals surface area contributed by atoms with Gasteiger partial charge in [-0.2, -0.15) is 0 Å². The van der Waals surface area contributed by atoms with Crippen LogP contribution in [0.2, 0.25) is 0 Å². The van der Waals surface area contributed by atoms with E-state index in [2.05, 4.69) is 10.0 Å². The van der Waals surface area contributed by atoms with Gasteiger partial charge in [-0.3, -0.25) is 9.52 Å². The molecule has 2 aromatic rings. The Hall–Kier alpha value is -2.38. The van der Waals surface area contributed by atoms with Crippen LogP contribution in [-0.4, -0.2) is 45.4 Å². The summed E-state index contributed by atoms with van der Waals surface area (Å²) in [5, 5.41) is 3.36. The highest BCUT2D eigenvalue weighted by molar-refractivity contribution is 7.92. The summed E-state index contributed by atoms with van der Waals surface area (Å²) in [5.74, 6) is 1.04. The molecule has 0 saturated carbocycles. The number of nitrogens with zero attached hydrogens (tertiary/aromatic N) is 1. The molecular formula is C21H25N3O3S. The highest BCUT2D eigenvalue weighted by Crippen LogP contribution is 2.28. The Morgan fingerprint density at radius 2 is 1.68 bits per heavy atom. The monoisotopic (exact) mass is 399 g/mol. The number of fused-ring (bicyclic) bond motifs is 1. The lowest BCUT2D eigenvalue weighted by atomic mass is 10.0. The minimum atomic E-state index is -3.71. The summed E-state index contributed by atoms with van der Waals surface area (Å²) in [6.07, 6.45) is 0. The average Bonchev–Trinajstić information content (AvgIpc) is 3.27. The van der Waals surface area contributed by atoms with Crippen LogP contribution in [0.5, 0.6) is 0 Å². The second-order valence-electron chi connectivity index (χ2n) is 7.77. The van der Waals surface area contributed by atoms with Gasteiger partial charge < -0.3 is 10.2 Å². The van der Waals surface area contributed by atoms with Gasteiger partial charge in [-0.05, 0) is 67.1 Å². The van der Waals surface area contributed by atoms with E-state index >= 15 is 0 Å². The van der Waals surface area contributed by atoms with E-state index in [-0.39, 0.29) is 10.8 Å². The lowest BCUT2D eigenvalue weighted by Crippen LogP contribution is -2.31. The standard InChI is InChI=1S/C21H25N3O3S/c1-14-4-3-5-20(15(14)2)23-28(26,27)19-8-6-16(7-9-19)21(25)24-12-17-10-22-11-18(17)13-24/h3-9,17-18,22-23H,10-13H2,1-2H3/t17-,18+. The van der Waals surface area contributed by atoms with E-state index in [0.29, 0.717) is 23.1 Å². The highest BCUT2D eigenvalue weighted by atomic mass is 32.2. The van der Waals surface area contributed by atoms with E-state index < -0.39 is 10.0 Å². The molecule has 0 aliphatic carbocycles. The van der Waals surface area contributed by atoms with Gasteiger partial charge in [0.1, 0.15) is 0 Å². The fraction of sp³-hybridized carbons (Fsp3) is 0.381. The molecule has 7 heteroatoms. The quantitative estimate of drug-likeness (QED) is 0.828. The van der Waals surface area contributed by atoms with Crippen molar-refractivity contribution in [1.29, 1.82) is 0 Å². The molecule has 4 rings (SSSR count). The molecule has 2 aliphatic rings. The molecule has 2 atom stereocenters. The van der Waals surface area contributed by atoms with E-state index in [1.165, 1.54) is 12.1 Å². The molecule has 2 saturated heterocycles. The molecule has 0 unspecified atom stereocenters. The Balaban J connectivity index is 1.49. The lowest BCUT2D eigenvalue weighted by Gasteiger charge is -2.18. The van der Waals surface area contributed by atoms with Gasteiger partial charge in [0.15, 0.2) is 0 Å². The Labute approximate surface area is 166 Å². The maximum Gasteiger partial charge on any atom is 0.261 e. The van der Waals surface area contributed by atoms with Crippen molar-refractivity contribution in [2.75, 3.05) is 30.9 Å². The zero-order valence-corrected chi connectivity index (χ0v) is 16.9. The number of nitrogens with one attached hydrogen (secondary N) is 2. The van der Waals surface area contributed by atoms with Crippen molar-refractivity contribution in [2.45, 2.75) is 18.7 Å². The van der Waals surface area contributed by atoms with E-state index in [0.717, 1.165) is 37.3 Å². The zero-order chi connectivity index (χ0) is 19.9. The van der Waals surface area contributed by atoms with Crippen LogP contribution in [0.3, 0.4) is 0 Å². The second-order valence-corrected chi connectivity index (χ2v) is 9.45. The number of aryl methyl sites for hydroxylation is 1. The first-order valence-electron chi connectivity index (χ1n) is 9.54. The number of rotatable bonds is 4. The van der Waals surface area contributed by atoms with E-state index in [9.17, 15) is 13.2 Å². The van der Waals surface area contributed by atoms with Gasteiger partial charge in [-0.25, -0.2) is 8.42 Å². The van der Waals surface area contributed by atoms with Gasteiger partial charge in [0.25, 0.3) is 15.9 Å². The number of hydrogen-bond acceptors (Lipinski definition) is 4. The molecule has 2 heterocycles. The first-order chi connectivity index (χ1) is 13.3. The third-order valence-electron chi connectivity index (χ3n) is 5.94. The van der Waals surface area contributed by atoms with Crippen LogP contribution in [-0.2, 0) is 10.0 Å². The largest absolute Gasteiger partial charge is 0.338 e. The summed E-state index contributed by atoms with van der Waals surface area (Å²) < 4.78 is 28.1. The van der Waals surface area contributed by atoms with Crippen molar-refractivity contribution >= 4 is 21.6 Å². The predicted molar refractivity (Wildman–Crippen MR) is 109 cm³/mol. The van der Waals surface area contributed by atoms with Gasteiger partial charge in [-0.1, -0.05) is 12.1 Å². The van der Waals surface area contributed by atoms with Crippen molar-refractivity contribution < 1.29 is 13.2 Å². The third kappa shape index (κ3) is 3.52. The minimum absolute atomic E-state index is 0.0270. The smallest absolute Gasteiger partial charge is 0.261 e. The fourth-order valence-corrected chi connectivity index (χ4v) is 5.17. The van der Waals surface area contributed by atoms with E-state index in [1.54, 1.807) is 18.2 Å². The molecule has 2 fully saturated rings. The molecule has 0 aromatic heterocycles. The van der Waals surface area contributed by atoms with Crippen LogP contribution in [0, 0.1) is 25.7 Å². The normalized spacial score (nSPS) is 21.6. The van der Waals surface area contributed by atoms with Crippen molar-refractivity contribution in [2.24, 2.45) is 11.8 Å². The minimum Gasteiger partial charge on any atom is -0.338 e. The maximum atomic E-state index is 12.8. The van der Waals surface area contributed by atoms with E-state index in [1.807, 2.05) is 30.9 Å². The number of hydrogen-bond donors (Lipinski definition) is 2. The number of amides is 1. The third-order valence-corrected chi connectivity index (χ3v) is 7.32. The molecule has 0 spiro atoms. The Morgan fingerprint density at radius 1 is 1.04 bits per heavy atom. The summed E-state index contributed by atoms with van der Waals surface area (Å²) >= 11 is 0. The van der Waals surface area contributed by atoms with Gasteiger partial charge in [0.05, 0.1) is 10.6 Å². The molecule has 1 amide bonds. The summed E-state index contributed by atoms with van der Waals surface area (Å²) in [7, 11) is -3.71. The number of likely N-dealkylation sites (tertiary alicyclic amines) is 1. The summed E-state index contributed by atoms with van der Waals surface area (Å²) in [4.78, 5) is 14.8. The first-order valence-corrected chi connectivity index (χ1v) is 11.0. The molecule has 6 nitrogen and oxygen atoms in total. The Bertz CT molecular complexity index is 990. The molecule has 28 heavy (non-hydrogen) atoms. The van der Waals surface area contributed by atoms with Crippen molar-refractivity contribution in [1.82, 2.24) is 10.2 Å². The van der Waals surface area contributed by atoms with Gasteiger partial charge in [-0.15, -0.1) is 0 Å². The van der Waals surface area contributed by atoms with Gasteiger partial charge >= 0.3 is 0 Å². The zero-order valence-electron chi connectivity index (χ0n) is 16.1. The number of sulfonamides is 1. The van der Waals surface area contributed by atoms with Crippen molar-refractivity contribution in [3.8, 4) is 0 Å². The van der Waals surface area contributed by atoms with Crippen molar-refractivity contribution in [3.63, 3.8) is 0 Å². The number of carbonyl (C=O) groups is 1. The molecule has 2 aliphatic heterocycles. The summed E-state index contributed by atoms with van der Waals surface area (Å²) in [6, 6.07) is 11.7. The van der Waals surface area contributed by atoms with Crippen LogP contribution >= 0.6 is 0 Å². The van der Waals surface area contributed by atoms with Gasteiger partial charge in [0, 0.05) is 31.7 Å². The molecule has 0 radical (unpaired) electrons. The summed E-state index contributed by atoms with van der Waals surface area (Å²) in [5.41, 5.74) is 3.01. The van der Waals surface area contributed by atoms with Crippen molar-refractivity contribution in [3.05, 3.63) is 59.2 Å². The molecular weight excluding hydrogens is 374 g/mol. The van der Waals surface area contributed by atoms with Crippen LogP contribution in [0.15, 0.2) is 47.4 Å².